The van der Waals surface area contributed by atoms with E-state index >= 15 is 0 Å². The summed E-state index contributed by atoms with van der Waals surface area (Å²) in [5.41, 5.74) is 0. The predicted octanol–water partition coefficient (Wildman–Crippen LogP) is 2.45. The highest BCUT2D eigenvalue weighted by atomic mass is 35.5. The summed E-state index contributed by atoms with van der Waals surface area (Å²) in [4.78, 5) is 11.2. The standard InChI is InChI=1S/C9H14ClN3OS/c1-3-4-5-7-12-13-9(15-7)11-8(14)6(2)10/h6H,3-5H2,1-2H3,(H,11,13,14)/t6-/m1/s1. The van der Waals surface area contributed by atoms with Crippen LogP contribution in [-0.4, -0.2) is 21.5 Å². The quantitative estimate of drug-likeness (QED) is 0.814. The second-order valence-corrected chi connectivity index (χ2v) is 4.93. The van der Waals surface area contributed by atoms with Gasteiger partial charge in [-0.3, -0.25) is 10.1 Å². The predicted molar refractivity (Wildman–Crippen MR) is 62.5 cm³/mol. The second kappa shape index (κ2) is 6.02. The summed E-state index contributed by atoms with van der Waals surface area (Å²) in [6.45, 7) is 3.74. The van der Waals surface area contributed by atoms with Gasteiger partial charge in [-0.05, 0) is 13.3 Å². The fourth-order valence-electron chi connectivity index (χ4n) is 0.938. The Morgan fingerprint density at radius 2 is 2.33 bits per heavy atom. The molecule has 0 aliphatic rings. The minimum Gasteiger partial charge on any atom is -0.299 e. The van der Waals surface area contributed by atoms with Gasteiger partial charge in [0.2, 0.25) is 11.0 Å². The van der Waals surface area contributed by atoms with E-state index in [-0.39, 0.29) is 5.91 Å². The maximum Gasteiger partial charge on any atom is 0.243 e. The van der Waals surface area contributed by atoms with Gasteiger partial charge in [-0.25, -0.2) is 0 Å². The minimum absolute atomic E-state index is 0.241. The molecular weight excluding hydrogens is 234 g/mol. The maximum atomic E-state index is 11.2. The number of alkyl halides is 1. The molecule has 1 aromatic heterocycles. The van der Waals surface area contributed by atoms with E-state index in [1.165, 1.54) is 11.3 Å². The lowest BCUT2D eigenvalue weighted by Gasteiger charge is -2.00. The highest BCUT2D eigenvalue weighted by molar-refractivity contribution is 7.15. The van der Waals surface area contributed by atoms with Crippen molar-refractivity contribution in [2.24, 2.45) is 0 Å². The molecule has 1 aromatic rings. The number of anilines is 1. The molecule has 0 fully saturated rings. The molecule has 1 rings (SSSR count). The zero-order chi connectivity index (χ0) is 11.3. The van der Waals surface area contributed by atoms with Gasteiger partial charge in [-0.15, -0.1) is 21.8 Å². The number of halogens is 1. The Morgan fingerprint density at radius 1 is 1.60 bits per heavy atom. The largest absolute Gasteiger partial charge is 0.299 e. The van der Waals surface area contributed by atoms with Crippen molar-refractivity contribution < 1.29 is 4.79 Å². The molecular formula is C9H14ClN3OS. The Morgan fingerprint density at radius 3 is 2.93 bits per heavy atom. The lowest BCUT2D eigenvalue weighted by Crippen LogP contribution is -2.20. The number of amides is 1. The van der Waals surface area contributed by atoms with Gasteiger partial charge in [0.05, 0.1) is 0 Å². The van der Waals surface area contributed by atoms with Gasteiger partial charge in [-0.2, -0.15) is 0 Å². The highest BCUT2D eigenvalue weighted by Gasteiger charge is 2.12. The van der Waals surface area contributed by atoms with Crippen molar-refractivity contribution in [1.29, 1.82) is 0 Å². The van der Waals surface area contributed by atoms with Crippen molar-refractivity contribution in [3.8, 4) is 0 Å². The van der Waals surface area contributed by atoms with Crippen LogP contribution >= 0.6 is 22.9 Å². The minimum atomic E-state index is -0.548. The van der Waals surface area contributed by atoms with Gasteiger partial charge < -0.3 is 0 Å². The topological polar surface area (TPSA) is 54.9 Å². The molecule has 1 heterocycles. The van der Waals surface area contributed by atoms with E-state index in [0.29, 0.717) is 5.13 Å². The third kappa shape index (κ3) is 4.13. The Balaban J connectivity index is 2.49. The molecule has 0 radical (unpaired) electrons. The Bertz CT molecular complexity index is 327. The Hall–Kier alpha value is -0.680. The zero-order valence-corrected chi connectivity index (χ0v) is 10.4. The van der Waals surface area contributed by atoms with Gasteiger partial charge in [0.1, 0.15) is 10.4 Å². The fraction of sp³-hybridized carbons (Fsp3) is 0.667. The van der Waals surface area contributed by atoms with E-state index in [4.69, 9.17) is 11.6 Å². The molecule has 4 nitrogen and oxygen atoms in total. The number of hydrogen-bond donors (Lipinski definition) is 1. The van der Waals surface area contributed by atoms with E-state index < -0.39 is 5.38 Å². The number of nitrogens with zero attached hydrogens (tertiary/aromatic N) is 2. The van der Waals surface area contributed by atoms with Crippen LogP contribution in [0.3, 0.4) is 0 Å². The summed E-state index contributed by atoms with van der Waals surface area (Å²) in [5.74, 6) is -0.241. The number of nitrogens with one attached hydrogen (secondary N) is 1. The lowest BCUT2D eigenvalue weighted by molar-refractivity contribution is -0.115. The summed E-state index contributed by atoms with van der Waals surface area (Å²) in [7, 11) is 0. The summed E-state index contributed by atoms with van der Waals surface area (Å²) in [6, 6.07) is 0. The molecule has 0 aliphatic heterocycles. The Kier molecular flexibility index (Phi) is 4.98. The lowest BCUT2D eigenvalue weighted by atomic mass is 10.3. The summed E-state index contributed by atoms with van der Waals surface area (Å²) in [5, 5.41) is 11.4. The zero-order valence-electron chi connectivity index (χ0n) is 8.79. The molecule has 6 heteroatoms. The van der Waals surface area contributed by atoms with E-state index in [1.807, 2.05) is 0 Å². The normalized spacial score (nSPS) is 12.5. The van der Waals surface area contributed by atoms with Crippen molar-refractivity contribution in [2.75, 3.05) is 5.32 Å². The van der Waals surface area contributed by atoms with Crippen molar-refractivity contribution >= 4 is 34.0 Å². The van der Waals surface area contributed by atoms with Crippen molar-refractivity contribution in [3.05, 3.63) is 5.01 Å². The maximum absolute atomic E-state index is 11.2. The first kappa shape index (κ1) is 12.4. The van der Waals surface area contributed by atoms with E-state index in [0.717, 1.165) is 24.3 Å². The van der Waals surface area contributed by atoms with Crippen LogP contribution in [0.15, 0.2) is 0 Å². The molecule has 1 N–H and O–H groups in total. The molecule has 0 saturated heterocycles. The molecule has 0 unspecified atom stereocenters. The van der Waals surface area contributed by atoms with Gasteiger partial charge in [0.25, 0.3) is 0 Å². The average Bonchev–Trinajstić information content (AvgIpc) is 2.62. The molecule has 0 spiro atoms. The van der Waals surface area contributed by atoms with Gasteiger partial charge in [0.15, 0.2) is 0 Å². The number of aryl methyl sites for hydroxylation is 1. The number of unbranched alkanes of at least 4 members (excludes halogenated alkanes) is 1. The van der Waals surface area contributed by atoms with Crippen LogP contribution in [0.5, 0.6) is 0 Å². The van der Waals surface area contributed by atoms with Gasteiger partial charge >= 0.3 is 0 Å². The van der Waals surface area contributed by atoms with Crippen molar-refractivity contribution in [2.45, 2.75) is 38.5 Å². The first-order valence-corrected chi connectivity index (χ1v) is 6.16. The number of carbonyl (C=O) groups is 1. The third-order valence-corrected chi connectivity index (χ3v) is 2.90. The number of aromatic nitrogens is 2. The third-order valence-electron chi connectivity index (χ3n) is 1.80. The van der Waals surface area contributed by atoms with E-state index in [1.54, 1.807) is 6.92 Å². The van der Waals surface area contributed by atoms with Crippen LogP contribution in [0.4, 0.5) is 5.13 Å². The monoisotopic (exact) mass is 247 g/mol. The van der Waals surface area contributed by atoms with E-state index in [2.05, 4.69) is 22.4 Å². The smallest absolute Gasteiger partial charge is 0.243 e. The first-order valence-electron chi connectivity index (χ1n) is 4.90. The van der Waals surface area contributed by atoms with Crippen LogP contribution in [0.25, 0.3) is 0 Å². The van der Waals surface area contributed by atoms with Gasteiger partial charge in [0, 0.05) is 6.42 Å². The molecule has 0 aromatic carbocycles. The number of rotatable bonds is 5. The summed E-state index contributed by atoms with van der Waals surface area (Å²) in [6.07, 6.45) is 3.13. The van der Waals surface area contributed by atoms with Crippen molar-refractivity contribution in [1.82, 2.24) is 10.2 Å². The highest BCUT2D eigenvalue weighted by Crippen LogP contribution is 2.17. The van der Waals surface area contributed by atoms with Crippen LogP contribution < -0.4 is 5.32 Å². The Labute approximate surface area is 98.0 Å². The SMILES string of the molecule is CCCCc1nnc(NC(=O)[C@@H](C)Cl)s1. The molecule has 0 bridgehead atoms. The molecule has 15 heavy (non-hydrogen) atoms. The average molecular weight is 248 g/mol. The van der Waals surface area contributed by atoms with Gasteiger partial charge in [-0.1, -0.05) is 24.7 Å². The summed E-state index contributed by atoms with van der Waals surface area (Å²) < 4.78 is 0. The first-order chi connectivity index (χ1) is 7.13. The summed E-state index contributed by atoms with van der Waals surface area (Å²) >= 11 is 7.02. The molecule has 1 amide bonds. The number of carbonyl (C=O) groups excluding carboxylic acids is 1. The second-order valence-electron chi connectivity index (χ2n) is 3.21. The van der Waals surface area contributed by atoms with Crippen LogP contribution in [-0.2, 0) is 11.2 Å². The molecule has 0 aliphatic carbocycles. The van der Waals surface area contributed by atoms with Crippen LogP contribution in [0.1, 0.15) is 31.7 Å². The molecule has 0 saturated carbocycles. The van der Waals surface area contributed by atoms with E-state index in [9.17, 15) is 4.79 Å². The molecule has 84 valence electrons. The van der Waals surface area contributed by atoms with Crippen LogP contribution in [0, 0.1) is 0 Å². The fourth-order valence-corrected chi connectivity index (χ4v) is 1.78. The van der Waals surface area contributed by atoms with Crippen LogP contribution in [0.2, 0.25) is 0 Å². The van der Waals surface area contributed by atoms with Crippen molar-refractivity contribution in [3.63, 3.8) is 0 Å². The number of hydrogen-bond acceptors (Lipinski definition) is 4. The molecule has 1 atom stereocenters.